The van der Waals surface area contributed by atoms with Crippen molar-refractivity contribution in [3.05, 3.63) is 75.9 Å². The summed E-state index contributed by atoms with van der Waals surface area (Å²) < 4.78 is 16.4. The third-order valence-electron chi connectivity index (χ3n) is 7.83. The van der Waals surface area contributed by atoms with E-state index >= 15 is 0 Å². The number of benzene rings is 2. The van der Waals surface area contributed by atoms with Crippen molar-refractivity contribution in [2.24, 2.45) is 5.41 Å². The summed E-state index contributed by atoms with van der Waals surface area (Å²) in [7, 11) is -1.14. The van der Waals surface area contributed by atoms with E-state index in [0.717, 1.165) is 59.3 Å². The van der Waals surface area contributed by atoms with Crippen molar-refractivity contribution in [1.29, 1.82) is 0 Å². The van der Waals surface area contributed by atoms with Gasteiger partial charge in [-0.25, -0.2) is 18.9 Å². The third kappa shape index (κ3) is 5.22. The van der Waals surface area contributed by atoms with E-state index in [1.807, 2.05) is 32.9 Å². The molecule has 0 amide bonds. The Kier molecular flexibility index (Phi) is 7.21. The molecule has 6 nitrogen and oxygen atoms in total. The molecular formula is C29H31Cl2N5OS2. The maximum Gasteiger partial charge on any atom is 0.157 e. The third-order valence-corrected chi connectivity index (χ3v) is 11.3. The van der Waals surface area contributed by atoms with Crippen LogP contribution in [-0.4, -0.2) is 37.0 Å². The molecule has 4 aromatic rings. The molecule has 6 rings (SSSR count). The summed E-state index contributed by atoms with van der Waals surface area (Å²) in [6.45, 7) is 7.88. The van der Waals surface area contributed by atoms with Gasteiger partial charge in [0.2, 0.25) is 0 Å². The van der Waals surface area contributed by atoms with Crippen molar-refractivity contribution >= 4 is 62.9 Å². The van der Waals surface area contributed by atoms with Gasteiger partial charge in [-0.3, -0.25) is 0 Å². The number of hydrogen-bond donors (Lipinski definition) is 2. The molecule has 1 spiro atoms. The molecule has 2 aromatic carbocycles. The number of aromatic nitrogens is 3. The van der Waals surface area contributed by atoms with Gasteiger partial charge in [-0.15, -0.1) is 0 Å². The number of halogens is 2. The molecule has 0 radical (unpaired) electrons. The standard InChI is InChI=1S/C29H31Cl2N5OS2/c1-28(2,3)39(37)35-26-19-8-5-4-7-18(19)16-29(26)11-13-36(14-12-29)23-15-21-27(34-23)32-17-24(33-21)38-22-10-6-9-20(30)25(22)31/h4-10,15,17,26,35H,11-14,16H2,1-3H3,(H,32,34)/t26-,39?/m1/s1. The fourth-order valence-electron chi connectivity index (χ4n) is 5.68. The average molecular weight is 601 g/mol. The number of nitrogens with zero attached hydrogens (tertiary/aromatic N) is 3. The van der Waals surface area contributed by atoms with Gasteiger partial charge in [0.05, 0.1) is 38.0 Å². The zero-order valence-electron chi connectivity index (χ0n) is 22.1. The molecule has 2 aromatic heterocycles. The van der Waals surface area contributed by atoms with E-state index in [1.165, 1.54) is 22.9 Å². The normalized spacial score (nSPS) is 19.5. The zero-order chi connectivity index (χ0) is 27.4. The van der Waals surface area contributed by atoms with Crippen LogP contribution in [0.1, 0.15) is 50.8 Å². The molecule has 10 heteroatoms. The Hall–Kier alpha value is -2.10. The van der Waals surface area contributed by atoms with Crippen molar-refractivity contribution < 1.29 is 4.21 Å². The predicted molar refractivity (Wildman–Crippen MR) is 162 cm³/mol. The molecule has 0 bridgehead atoms. The van der Waals surface area contributed by atoms with E-state index in [9.17, 15) is 4.21 Å². The van der Waals surface area contributed by atoms with Crippen molar-refractivity contribution in [3.8, 4) is 0 Å². The summed E-state index contributed by atoms with van der Waals surface area (Å²) in [5.74, 6) is 1.03. The summed E-state index contributed by atoms with van der Waals surface area (Å²) in [4.78, 5) is 16.1. The maximum atomic E-state index is 13.2. The van der Waals surface area contributed by atoms with E-state index in [0.29, 0.717) is 10.0 Å². The molecule has 2 N–H and O–H groups in total. The second-order valence-electron chi connectivity index (χ2n) is 11.4. The summed E-state index contributed by atoms with van der Waals surface area (Å²) in [6.07, 6.45) is 4.78. The molecule has 2 atom stereocenters. The minimum absolute atomic E-state index is 0.0453. The lowest BCUT2D eigenvalue weighted by atomic mass is 9.73. The maximum absolute atomic E-state index is 13.2. The van der Waals surface area contributed by atoms with Crippen LogP contribution in [0.5, 0.6) is 0 Å². The van der Waals surface area contributed by atoms with Crippen LogP contribution >= 0.6 is 35.0 Å². The number of aromatic amines is 1. The molecule has 1 unspecified atom stereocenters. The lowest BCUT2D eigenvalue weighted by Gasteiger charge is -2.44. The monoisotopic (exact) mass is 599 g/mol. The highest BCUT2D eigenvalue weighted by molar-refractivity contribution is 7.99. The van der Waals surface area contributed by atoms with E-state index in [-0.39, 0.29) is 16.2 Å². The summed E-state index contributed by atoms with van der Waals surface area (Å²) >= 11 is 14.0. The van der Waals surface area contributed by atoms with Crippen molar-refractivity contribution in [3.63, 3.8) is 0 Å². The van der Waals surface area contributed by atoms with Gasteiger partial charge in [-0.2, -0.15) is 0 Å². The first-order valence-electron chi connectivity index (χ1n) is 13.1. The van der Waals surface area contributed by atoms with Gasteiger partial charge in [0.1, 0.15) is 16.4 Å². The smallest absolute Gasteiger partial charge is 0.157 e. The Bertz CT molecular complexity index is 1560. The first-order valence-corrected chi connectivity index (χ1v) is 15.8. The predicted octanol–water partition coefficient (Wildman–Crippen LogP) is 7.35. The van der Waals surface area contributed by atoms with Crippen molar-refractivity contribution in [2.45, 2.75) is 60.7 Å². The van der Waals surface area contributed by atoms with E-state index in [1.54, 1.807) is 12.3 Å². The molecule has 0 saturated carbocycles. The number of fused-ring (bicyclic) bond motifs is 2. The Labute approximate surface area is 245 Å². The zero-order valence-corrected chi connectivity index (χ0v) is 25.3. The number of hydrogen-bond acceptors (Lipinski definition) is 5. The van der Waals surface area contributed by atoms with Crippen LogP contribution in [0.25, 0.3) is 11.2 Å². The first kappa shape index (κ1) is 27.1. The molecule has 1 aliphatic heterocycles. The lowest BCUT2D eigenvalue weighted by molar-refractivity contribution is 0.177. The summed E-state index contributed by atoms with van der Waals surface area (Å²) in [5.41, 5.74) is 4.30. The van der Waals surface area contributed by atoms with Crippen LogP contribution in [0.4, 0.5) is 5.82 Å². The van der Waals surface area contributed by atoms with Crippen LogP contribution in [0.2, 0.25) is 10.0 Å². The van der Waals surface area contributed by atoms with Crippen molar-refractivity contribution in [1.82, 2.24) is 19.7 Å². The average Bonchev–Trinajstić information content (AvgIpc) is 3.46. The lowest BCUT2D eigenvalue weighted by Crippen LogP contribution is -2.48. The van der Waals surface area contributed by atoms with Crippen LogP contribution in [0, 0.1) is 5.41 Å². The molecular weight excluding hydrogens is 569 g/mol. The molecule has 204 valence electrons. The molecule has 3 heterocycles. The van der Waals surface area contributed by atoms with Gasteiger partial charge in [-0.1, -0.05) is 65.3 Å². The summed E-state index contributed by atoms with van der Waals surface area (Å²) in [6, 6.07) is 16.4. The largest absolute Gasteiger partial charge is 0.358 e. The van der Waals surface area contributed by atoms with Gasteiger partial charge in [0.15, 0.2) is 5.65 Å². The first-order chi connectivity index (χ1) is 18.6. The number of H-pyrrole nitrogens is 1. The van der Waals surface area contributed by atoms with Gasteiger partial charge >= 0.3 is 0 Å². The molecule has 2 aliphatic rings. The van der Waals surface area contributed by atoms with E-state index in [2.05, 4.69) is 49.9 Å². The van der Waals surface area contributed by atoms with Gasteiger partial charge < -0.3 is 9.88 Å². The quantitative estimate of drug-likeness (QED) is 0.251. The van der Waals surface area contributed by atoms with Gasteiger partial charge in [0, 0.05) is 24.1 Å². The minimum Gasteiger partial charge on any atom is -0.358 e. The van der Waals surface area contributed by atoms with Crippen LogP contribution < -0.4 is 9.62 Å². The van der Waals surface area contributed by atoms with E-state index in [4.69, 9.17) is 28.2 Å². The van der Waals surface area contributed by atoms with Crippen LogP contribution in [0.15, 0.2) is 64.6 Å². The SMILES string of the molecule is CC(C)(C)S(=O)N[C@@H]1c2ccccc2CC12CCN(c1cc3nc(Sc4cccc(Cl)c4Cl)cnc3[nH]1)CC2. The Morgan fingerprint density at radius 3 is 2.67 bits per heavy atom. The number of piperidine rings is 1. The number of rotatable bonds is 5. The minimum atomic E-state index is -1.14. The van der Waals surface area contributed by atoms with E-state index < -0.39 is 11.0 Å². The molecule has 39 heavy (non-hydrogen) atoms. The topological polar surface area (TPSA) is 73.9 Å². The highest BCUT2D eigenvalue weighted by Crippen LogP contribution is 2.52. The Morgan fingerprint density at radius 2 is 1.90 bits per heavy atom. The molecule has 1 aliphatic carbocycles. The Balaban J connectivity index is 1.20. The second-order valence-corrected chi connectivity index (χ2v) is 15.3. The summed E-state index contributed by atoms with van der Waals surface area (Å²) in [5, 5.41) is 1.81. The van der Waals surface area contributed by atoms with Crippen molar-refractivity contribution in [2.75, 3.05) is 18.0 Å². The fourth-order valence-corrected chi connectivity index (χ4v) is 7.92. The van der Waals surface area contributed by atoms with Gasteiger partial charge in [-0.05, 0) is 68.7 Å². The number of anilines is 1. The highest BCUT2D eigenvalue weighted by Gasteiger charge is 2.48. The van der Waals surface area contributed by atoms with Crippen LogP contribution in [0.3, 0.4) is 0 Å². The number of nitrogens with one attached hydrogen (secondary N) is 2. The molecule has 1 saturated heterocycles. The second kappa shape index (κ2) is 10.4. The molecule has 1 fully saturated rings. The van der Waals surface area contributed by atoms with Gasteiger partial charge in [0.25, 0.3) is 0 Å². The van der Waals surface area contributed by atoms with Crippen LogP contribution in [-0.2, 0) is 17.4 Å². The fraction of sp³-hybridized carbons (Fsp3) is 0.379. The Morgan fingerprint density at radius 1 is 1.13 bits per heavy atom. The highest BCUT2D eigenvalue weighted by atomic mass is 35.5.